The molecular weight excluding hydrogens is 442 g/mol. The van der Waals surface area contributed by atoms with Crippen molar-refractivity contribution in [1.29, 1.82) is 0 Å². The number of thioether (sulfide) groups is 1. The molecule has 0 saturated carbocycles. The highest BCUT2D eigenvalue weighted by Crippen LogP contribution is 2.30. The SMILES string of the molecule is CCn1c(SCC(=O)NCCC2=CCCCC2)nc2nc(N3CCC(C)CC3)sc2c1=O. The van der Waals surface area contributed by atoms with Crippen LogP contribution in [0.1, 0.15) is 58.8 Å². The normalized spacial score (nSPS) is 17.6. The Hall–Kier alpha value is -1.87. The number of fused-ring (bicyclic) bond motifs is 1. The number of nitrogens with zero attached hydrogens (tertiary/aromatic N) is 4. The predicted octanol–water partition coefficient (Wildman–Crippen LogP) is 4.21. The van der Waals surface area contributed by atoms with Crippen LogP contribution in [-0.2, 0) is 11.3 Å². The number of carbonyl (C=O) groups excluding carboxylic acids is 1. The quantitative estimate of drug-likeness (QED) is 0.350. The lowest BCUT2D eigenvalue weighted by atomic mass is 9.97. The van der Waals surface area contributed by atoms with E-state index in [0.29, 0.717) is 28.6 Å². The van der Waals surface area contributed by atoms with Crippen LogP contribution < -0.4 is 15.8 Å². The monoisotopic (exact) mass is 475 g/mol. The summed E-state index contributed by atoms with van der Waals surface area (Å²) in [5, 5.41) is 4.46. The molecule has 0 unspecified atom stereocenters. The number of hydrogen-bond acceptors (Lipinski definition) is 7. The maximum absolute atomic E-state index is 13.1. The Morgan fingerprint density at radius 2 is 2.09 bits per heavy atom. The summed E-state index contributed by atoms with van der Waals surface area (Å²) in [4.78, 5) is 37.1. The lowest BCUT2D eigenvalue weighted by molar-refractivity contribution is -0.118. The zero-order valence-electron chi connectivity index (χ0n) is 19.1. The van der Waals surface area contributed by atoms with Gasteiger partial charge in [0.15, 0.2) is 15.9 Å². The van der Waals surface area contributed by atoms with E-state index in [0.717, 1.165) is 56.2 Å². The van der Waals surface area contributed by atoms with E-state index in [9.17, 15) is 9.59 Å². The highest BCUT2D eigenvalue weighted by Gasteiger charge is 2.22. The summed E-state index contributed by atoms with van der Waals surface area (Å²) in [7, 11) is 0. The van der Waals surface area contributed by atoms with Crippen LogP contribution in [0.4, 0.5) is 5.13 Å². The van der Waals surface area contributed by atoms with Gasteiger partial charge in [-0.05, 0) is 57.8 Å². The molecule has 0 bridgehead atoms. The van der Waals surface area contributed by atoms with E-state index >= 15 is 0 Å². The van der Waals surface area contributed by atoms with E-state index in [2.05, 4.69) is 33.2 Å². The molecule has 2 aromatic heterocycles. The second-order valence-corrected chi connectivity index (χ2v) is 10.7. The molecule has 3 heterocycles. The molecule has 2 aromatic rings. The van der Waals surface area contributed by atoms with Crippen molar-refractivity contribution in [3.05, 3.63) is 22.0 Å². The third-order valence-electron chi connectivity index (χ3n) is 6.33. The van der Waals surface area contributed by atoms with E-state index in [-0.39, 0.29) is 17.2 Å². The second kappa shape index (κ2) is 10.8. The first kappa shape index (κ1) is 23.3. The van der Waals surface area contributed by atoms with Crippen LogP contribution in [0.25, 0.3) is 10.3 Å². The van der Waals surface area contributed by atoms with Crippen molar-refractivity contribution in [3.63, 3.8) is 0 Å². The summed E-state index contributed by atoms with van der Waals surface area (Å²) in [6, 6.07) is 0. The molecular formula is C23H33N5O2S2. The summed E-state index contributed by atoms with van der Waals surface area (Å²) in [6.45, 7) is 7.36. The van der Waals surface area contributed by atoms with Gasteiger partial charge >= 0.3 is 0 Å². The van der Waals surface area contributed by atoms with Crippen molar-refractivity contribution in [2.24, 2.45) is 5.92 Å². The number of carbonyl (C=O) groups is 1. The van der Waals surface area contributed by atoms with E-state index < -0.39 is 0 Å². The average Bonchev–Trinajstić information content (AvgIpc) is 3.23. The second-order valence-electron chi connectivity index (χ2n) is 8.76. The Labute approximate surface area is 197 Å². The minimum atomic E-state index is -0.0567. The largest absolute Gasteiger partial charge is 0.355 e. The third kappa shape index (κ3) is 5.54. The van der Waals surface area contributed by atoms with Gasteiger partial charge < -0.3 is 10.2 Å². The van der Waals surface area contributed by atoms with Gasteiger partial charge in [-0.25, -0.2) is 4.98 Å². The molecule has 9 heteroatoms. The summed E-state index contributed by atoms with van der Waals surface area (Å²) >= 11 is 2.76. The molecule has 2 aliphatic rings. The van der Waals surface area contributed by atoms with Crippen molar-refractivity contribution < 1.29 is 4.79 Å². The number of thiazole rings is 1. The Morgan fingerprint density at radius 3 is 2.81 bits per heavy atom. The number of amides is 1. The molecule has 4 rings (SSSR count). The lowest BCUT2D eigenvalue weighted by Crippen LogP contribution is -2.32. The molecule has 0 spiro atoms. The van der Waals surface area contributed by atoms with Crippen LogP contribution in [0.3, 0.4) is 0 Å². The topological polar surface area (TPSA) is 80.1 Å². The van der Waals surface area contributed by atoms with Crippen molar-refractivity contribution >= 4 is 44.5 Å². The number of rotatable bonds is 8. The lowest BCUT2D eigenvalue weighted by Gasteiger charge is -2.29. The van der Waals surface area contributed by atoms with Crippen LogP contribution in [0.15, 0.2) is 21.6 Å². The van der Waals surface area contributed by atoms with E-state index in [1.165, 1.54) is 41.5 Å². The highest BCUT2D eigenvalue weighted by atomic mass is 32.2. The summed E-state index contributed by atoms with van der Waals surface area (Å²) in [6.07, 6.45) is 10.4. The molecule has 1 N–H and O–H groups in total. The number of allylic oxidation sites excluding steroid dienone is 1. The first-order valence-electron chi connectivity index (χ1n) is 11.8. The van der Waals surface area contributed by atoms with Crippen LogP contribution in [-0.4, -0.2) is 45.8 Å². The van der Waals surface area contributed by atoms with Gasteiger partial charge in [0, 0.05) is 26.2 Å². The fourth-order valence-electron chi connectivity index (χ4n) is 4.28. The molecule has 0 aromatic carbocycles. The summed E-state index contributed by atoms with van der Waals surface area (Å²) in [5.74, 6) is 0.965. The highest BCUT2D eigenvalue weighted by molar-refractivity contribution is 7.99. The number of aromatic nitrogens is 3. The van der Waals surface area contributed by atoms with Crippen LogP contribution >= 0.6 is 23.1 Å². The van der Waals surface area contributed by atoms with Gasteiger partial charge in [-0.1, -0.05) is 41.7 Å². The van der Waals surface area contributed by atoms with Crippen LogP contribution in [0.5, 0.6) is 0 Å². The van der Waals surface area contributed by atoms with Crippen molar-refractivity contribution in [2.45, 2.75) is 70.5 Å². The van der Waals surface area contributed by atoms with E-state index in [1.807, 2.05) is 6.92 Å². The van der Waals surface area contributed by atoms with Gasteiger partial charge in [0.05, 0.1) is 5.75 Å². The Morgan fingerprint density at radius 1 is 1.28 bits per heavy atom. The number of piperidine rings is 1. The molecule has 0 atom stereocenters. The van der Waals surface area contributed by atoms with Gasteiger partial charge in [-0.2, -0.15) is 4.98 Å². The fourth-order valence-corrected chi connectivity index (χ4v) is 6.16. The zero-order valence-corrected chi connectivity index (χ0v) is 20.7. The zero-order chi connectivity index (χ0) is 22.5. The van der Waals surface area contributed by atoms with Gasteiger partial charge in [0.25, 0.3) is 5.56 Å². The molecule has 0 radical (unpaired) electrons. The minimum absolute atomic E-state index is 0.0233. The van der Waals surface area contributed by atoms with E-state index in [4.69, 9.17) is 0 Å². The molecule has 1 aliphatic carbocycles. The van der Waals surface area contributed by atoms with Gasteiger partial charge in [-0.3, -0.25) is 14.2 Å². The molecule has 1 amide bonds. The molecule has 1 fully saturated rings. The van der Waals surface area contributed by atoms with Gasteiger partial charge in [0.2, 0.25) is 5.91 Å². The number of anilines is 1. The first-order chi connectivity index (χ1) is 15.5. The molecule has 7 nitrogen and oxygen atoms in total. The maximum Gasteiger partial charge on any atom is 0.273 e. The molecule has 1 saturated heterocycles. The summed E-state index contributed by atoms with van der Waals surface area (Å²) in [5.41, 5.74) is 1.91. The van der Waals surface area contributed by atoms with Crippen LogP contribution in [0.2, 0.25) is 0 Å². The van der Waals surface area contributed by atoms with Gasteiger partial charge in [0.1, 0.15) is 4.70 Å². The molecule has 32 heavy (non-hydrogen) atoms. The van der Waals surface area contributed by atoms with Crippen molar-refractivity contribution in [3.8, 4) is 0 Å². The third-order valence-corrected chi connectivity index (χ3v) is 8.40. The number of nitrogens with one attached hydrogen (secondary N) is 1. The Bertz CT molecular complexity index is 1040. The van der Waals surface area contributed by atoms with Crippen LogP contribution in [0, 0.1) is 5.92 Å². The maximum atomic E-state index is 13.1. The number of hydrogen-bond donors (Lipinski definition) is 1. The standard InChI is InChI=1S/C23H33N5O2S2/c1-3-28-21(30)19-20(25-22(32-19)27-13-10-16(2)11-14-27)26-23(28)31-15-18(29)24-12-9-17-7-5-4-6-8-17/h7,16H,3-6,8-15H2,1-2H3,(H,24,29). The average molecular weight is 476 g/mol. The van der Waals surface area contributed by atoms with E-state index in [1.54, 1.807) is 4.57 Å². The van der Waals surface area contributed by atoms with Crippen molar-refractivity contribution in [1.82, 2.24) is 19.9 Å². The molecule has 1 aliphatic heterocycles. The Kier molecular flexibility index (Phi) is 7.88. The predicted molar refractivity (Wildman–Crippen MR) is 133 cm³/mol. The van der Waals surface area contributed by atoms with Crippen molar-refractivity contribution in [2.75, 3.05) is 30.3 Å². The molecule has 174 valence electrons. The fraction of sp³-hybridized carbons (Fsp3) is 0.652. The smallest absolute Gasteiger partial charge is 0.273 e. The minimum Gasteiger partial charge on any atom is -0.355 e. The Balaban J connectivity index is 1.40. The summed E-state index contributed by atoms with van der Waals surface area (Å²) < 4.78 is 2.27. The van der Waals surface area contributed by atoms with Gasteiger partial charge in [-0.15, -0.1) is 0 Å². The first-order valence-corrected chi connectivity index (χ1v) is 13.6.